The van der Waals surface area contributed by atoms with Gasteiger partial charge in [0.05, 0.1) is 37.6 Å². The van der Waals surface area contributed by atoms with Gasteiger partial charge in [0.25, 0.3) is 0 Å². The molecule has 2 fully saturated rings. The Kier molecular flexibility index (Phi) is 4.86. The summed E-state index contributed by atoms with van der Waals surface area (Å²) in [6, 6.07) is 8.93. The highest BCUT2D eigenvalue weighted by atomic mass is 35.5. The molecule has 1 aromatic heterocycles. The van der Waals surface area contributed by atoms with Crippen LogP contribution in [0.4, 0.5) is 11.5 Å². The monoisotopic (exact) mass is 390 g/mol. The average molecular weight is 391 g/mol. The fourth-order valence-corrected chi connectivity index (χ4v) is 3.66. The van der Waals surface area contributed by atoms with Gasteiger partial charge in [-0.15, -0.1) is 10.2 Å². The van der Waals surface area contributed by atoms with Crippen LogP contribution < -0.4 is 10.6 Å². The van der Waals surface area contributed by atoms with E-state index in [1.807, 2.05) is 12.1 Å². The molecule has 0 spiro atoms. The van der Waals surface area contributed by atoms with Crippen molar-refractivity contribution < 1.29 is 19.0 Å². The lowest BCUT2D eigenvalue weighted by atomic mass is 10.0. The van der Waals surface area contributed by atoms with Crippen molar-refractivity contribution >= 4 is 29.1 Å². The first-order valence-corrected chi connectivity index (χ1v) is 8.91. The van der Waals surface area contributed by atoms with Gasteiger partial charge in [-0.1, -0.05) is 23.7 Å². The van der Waals surface area contributed by atoms with Crippen LogP contribution in [-0.2, 0) is 14.2 Å². The molecule has 142 valence electrons. The maximum Gasteiger partial charge on any atom is 0.337 e. The molecule has 2 saturated heterocycles. The molecule has 4 rings (SSSR count). The molecule has 2 N–H and O–H groups in total. The largest absolute Gasteiger partial charge is 0.465 e. The van der Waals surface area contributed by atoms with E-state index in [-0.39, 0.29) is 29.4 Å². The molecule has 0 aliphatic carbocycles. The minimum absolute atomic E-state index is 0.0261. The van der Waals surface area contributed by atoms with Crippen molar-refractivity contribution in [3.63, 3.8) is 0 Å². The molecule has 27 heavy (non-hydrogen) atoms. The minimum atomic E-state index is -0.373. The number of rotatable bonds is 3. The number of benzene rings is 1. The molecule has 0 amide bonds. The third-order valence-electron chi connectivity index (χ3n) is 4.89. The van der Waals surface area contributed by atoms with Gasteiger partial charge in [-0.2, -0.15) is 0 Å². The number of carbonyl (C=O) groups is 1. The van der Waals surface area contributed by atoms with Gasteiger partial charge in [-0.3, -0.25) is 0 Å². The lowest BCUT2D eigenvalue weighted by molar-refractivity contribution is -0.0397. The van der Waals surface area contributed by atoms with E-state index < -0.39 is 0 Å². The predicted molar refractivity (Wildman–Crippen MR) is 98.8 cm³/mol. The number of nitrogens with zero attached hydrogens (tertiary/aromatic N) is 3. The zero-order valence-corrected chi connectivity index (χ0v) is 15.4. The van der Waals surface area contributed by atoms with Crippen LogP contribution in [0.25, 0.3) is 0 Å². The smallest absolute Gasteiger partial charge is 0.337 e. The average Bonchev–Trinajstić information content (AvgIpc) is 3.17. The summed E-state index contributed by atoms with van der Waals surface area (Å²) in [5, 5.41) is 7.99. The number of hydrogen-bond donors (Lipinski definition) is 1. The van der Waals surface area contributed by atoms with E-state index in [2.05, 4.69) is 15.1 Å². The fraction of sp³-hybridized carbons (Fsp3) is 0.389. The van der Waals surface area contributed by atoms with Crippen molar-refractivity contribution in [1.82, 2.24) is 10.2 Å². The Bertz CT molecular complexity index is 848. The van der Waals surface area contributed by atoms with E-state index in [1.165, 1.54) is 7.11 Å². The van der Waals surface area contributed by atoms with Crippen molar-refractivity contribution in [3.8, 4) is 0 Å². The summed E-state index contributed by atoms with van der Waals surface area (Å²) in [4.78, 5) is 13.8. The number of aromatic nitrogens is 2. The highest BCUT2D eigenvalue weighted by Crippen LogP contribution is 2.37. The van der Waals surface area contributed by atoms with E-state index >= 15 is 0 Å². The van der Waals surface area contributed by atoms with Gasteiger partial charge in [0.2, 0.25) is 0 Å². The Balaban J connectivity index is 1.63. The van der Waals surface area contributed by atoms with Gasteiger partial charge >= 0.3 is 5.97 Å². The molecule has 0 bridgehead atoms. The number of ether oxygens (including phenoxy) is 3. The van der Waals surface area contributed by atoms with Gasteiger partial charge in [-0.05, 0) is 17.7 Å². The number of fused-ring (bicyclic) bond motifs is 1. The van der Waals surface area contributed by atoms with Crippen LogP contribution in [0.1, 0.15) is 22.0 Å². The first kappa shape index (κ1) is 18.0. The lowest BCUT2D eigenvalue weighted by Crippen LogP contribution is -2.52. The topological polar surface area (TPSA) is 99.8 Å². The number of nitrogens with two attached hydrogens (primary N) is 1. The molecule has 2 aliphatic heterocycles. The molecular weight excluding hydrogens is 372 g/mol. The van der Waals surface area contributed by atoms with E-state index in [9.17, 15) is 4.79 Å². The van der Waals surface area contributed by atoms with Gasteiger partial charge in [0.15, 0.2) is 11.0 Å². The second-order valence-corrected chi connectivity index (χ2v) is 6.86. The maximum absolute atomic E-state index is 11.6. The van der Waals surface area contributed by atoms with E-state index in [0.717, 1.165) is 11.3 Å². The van der Waals surface area contributed by atoms with Crippen molar-refractivity contribution in [2.45, 2.75) is 18.2 Å². The Labute approximate surface area is 161 Å². The second kappa shape index (κ2) is 7.30. The first-order valence-electron chi connectivity index (χ1n) is 8.53. The minimum Gasteiger partial charge on any atom is -0.465 e. The van der Waals surface area contributed by atoms with Crippen LogP contribution in [0.5, 0.6) is 0 Å². The molecule has 9 heteroatoms. The molecule has 2 aliphatic rings. The van der Waals surface area contributed by atoms with Crippen LogP contribution in [-0.4, -0.2) is 55.2 Å². The van der Waals surface area contributed by atoms with Crippen molar-refractivity contribution in [3.05, 3.63) is 46.6 Å². The lowest BCUT2D eigenvalue weighted by Gasteiger charge is -2.42. The number of esters is 1. The van der Waals surface area contributed by atoms with E-state index in [4.69, 9.17) is 31.5 Å². The Morgan fingerprint density at radius 3 is 2.81 bits per heavy atom. The standard InChI is InChI=1S/C18H19ClN4O4/c1-25-18(24)11-4-2-10(3-5-11)14-7-23(13-8-26-9-15(13)27-14)12-6-16(19)21-22-17(12)20/h2-6,13-15H,7-9H2,1H3,(H2,20,22)/t13-,14+,15+/m1/s1. The first-order chi connectivity index (χ1) is 13.1. The summed E-state index contributed by atoms with van der Waals surface area (Å²) in [5.41, 5.74) is 8.21. The second-order valence-electron chi connectivity index (χ2n) is 6.47. The number of carbonyl (C=O) groups excluding carboxylic acids is 1. The van der Waals surface area contributed by atoms with E-state index in [0.29, 0.717) is 31.1 Å². The highest BCUT2D eigenvalue weighted by molar-refractivity contribution is 6.29. The molecule has 3 heterocycles. The van der Waals surface area contributed by atoms with Gasteiger partial charge < -0.3 is 24.8 Å². The number of morpholine rings is 1. The van der Waals surface area contributed by atoms with Crippen LogP contribution >= 0.6 is 11.6 Å². The molecule has 0 unspecified atom stereocenters. The summed E-state index contributed by atoms with van der Waals surface area (Å²) < 4.78 is 16.6. The van der Waals surface area contributed by atoms with E-state index in [1.54, 1.807) is 18.2 Å². The van der Waals surface area contributed by atoms with Crippen molar-refractivity contribution in [2.24, 2.45) is 0 Å². The SMILES string of the molecule is COC(=O)c1ccc([C@@H]2CN(c3cc(Cl)nnc3N)[C@@H]3COC[C@@H]3O2)cc1. The molecule has 8 nitrogen and oxygen atoms in total. The zero-order valence-electron chi connectivity index (χ0n) is 14.7. The van der Waals surface area contributed by atoms with Gasteiger partial charge in [0, 0.05) is 12.6 Å². The molecular formula is C18H19ClN4O4. The fourth-order valence-electron chi connectivity index (χ4n) is 3.52. The molecule has 3 atom stereocenters. The Hall–Kier alpha value is -2.42. The predicted octanol–water partition coefficient (Wildman–Crippen LogP) is 1.84. The summed E-state index contributed by atoms with van der Waals surface area (Å²) in [6.45, 7) is 1.59. The number of methoxy groups -OCH3 is 1. The summed E-state index contributed by atoms with van der Waals surface area (Å²) >= 11 is 6.03. The van der Waals surface area contributed by atoms with Crippen LogP contribution in [0.3, 0.4) is 0 Å². The molecule has 0 saturated carbocycles. The van der Waals surface area contributed by atoms with Gasteiger partial charge in [0.1, 0.15) is 12.2 Å². The number of halogens is 1. The quantitative estimate of drug-likeness (QED) is 0.792. The van der Waals surface area contributed by atoms with Crippen LogP contribution in [0, 0.1) is 0 Å². The third kappa shape index (κ3) is 3.43. The van der Waals surface area contributed by atoms with Crippen molar-refractivity contribution in [1.29, 1.82) is 0 Å². The van der Waals surface area contributed by atoms with Crippen molar-refractivity contribution in [2.75, 3.05) is 37.5 Å². The van der Waals surface area contributed by atoms with Crippen LogP contribution in [0.2, 0.25) is 5.15 Å². The van der Waals surface area contributed by atoms with Gasteiger partial charge in [-0.25, -0.2) is 4.79 Å². The zero-order chi connectivity index (χ0) is 19.0. The number of nitrogen functional groups attached to an aromatic ring is 1. The molecule has 0 radical (unpaired) electrons. The van der Waals surface area contributed by atoms with Crippen LogP contribution in [0.15, 0.2) is 30.3 Å². The Morgan fingerprint density at radius 1 is 1.30 bits per heavy atom. The third-order valence-corrected chi connectivity index (χ3v) is 5.07. The summed E-state index contributed by atoms with van der Waals surface area (Å²) in [6.07, 6.45) is -0.318. The summed E-state index contributed by atoms with van der Waals surface area (Å²) in [7, 11) is 1.36. The number of anilines is 2. The molecule has 2 aromatic rings. The highest BCUT2D eigenvalue weighted by Gasteiger charge is 2.42. The Morgan fingerprint density at radius 2 is 2.07 bits per heavy atom. The molecule has 1 aromatic carbocycles. The normalized spacial score (nSPS) is 24.5. The summed E-state index contributed by atoms with van der Waals surface area (Å²) in [5.74, 6) is -0.0611. The number of hydrogen-bond acceptors (Lipinski definition) is 8. The maximum atomic E-state index is 11.6.